The van der Waals surface area contributed by atoms with Crippen LogP contribution in [0.3, 0.4) is 0 Å². The first-order chi connectivity index (χ1) is 8.60. The van der Waals surface area contributed by atoms with Crippen LogP contribution in [0.25, 0.3) is 10.8 Å². The van der Waals surface area contributed by atoms with E-state index in [1.807, 2.05) is 0 Å². The third-order valence-electron chi connectivity index (χ3n) is 2.50. The van der Waals surface area contributed by atoms with E-state index in [-0.39, 0.29) is 75.6 Å². The second kappa shape index (κ2) is 7.26. The van der Waals surface area contributed by atoms with Crippen LogP contribution in [-0.2, 0) is 20.2 Å². The van der Waals surface area contributed by atoms with Gasteiger partial charge in [0, 0.05) is 16.5 Å². The van der Waals surface area contributed by atoms with Crippen LogP contribution in [0.2, 0.25) is 0 Å². The van der Waals surface area contributed by atoms with Crippen molar-refractivity contribution in [1.82, 2.24) is 0 Å². The Hall–Kier alpha value is 0.320. The van der Waals surface area contributed by atoms with Crippen LogP contribution >= 0.6 is 0 Å². The number of hydrogen-bond donors (Lipinski definition) is 1. The van der Waals surface area contributed by atoms with Crippen molar-refractivity contribution in [3.05, 3.63) is 30.3 Å². The minimum absolute atomic E-state index is 0. The third-order valence-corrected chi connectivity index (χ3v) is 4.29. The molecule has 0 radical (unpaired) electrons. The van der Waals surface area contributed by atoms with Crippen molar-refractivity contribution in [2.24, 2.45) is 0 Å². The van der Waals surface area contributed by atoms with Crippen molar-refractivity contribution in [3.8, 4) is 0 Å². The molecule has 0 aliphatic rings. The van der Waals surface area contributed by atoms with Crippen molar-refractivity contribution in [3.63, 3.8) is 0 Å². The molecule has 7 nitrogen and oxygen atoms in total. The topological polar surface area (TPSA) is 140 Å². The van der Waals surface area contributed by atoms with Crippen molar-refractivity contribution >= 4 is 36.7 Å². The van der Waals surface area contributed by atoms with E-state index in [0.717, 1.165) is 18.2 Å². The Bertz CT molecular complexity index is 880. The summed E-state index contributed by atoms with van der Waals surface area (Å²) in [5.41, 5.74) is 5.61. The van der Waals surface area contributed by atoms with Gasteiger partial charge >= 0.3 is 59.1 Å². The fraction of sp³-hybridized carbons (Fsp3) is 0. The molecule has 0 atom stereocenters. The molecule has 0 saturated carbocycles. The normalized spacial score (nSPS) is 11.5. The molecule has 21 heavy (non-hydrogen) atoms. The van der Waals surface area contributed by atoms with Gasteiger partial charge in [-0.15, -0.1) is 0 Å². The molecule has 0 aromatic heterocycles. The van der Waals surface area contributed by atoms with Gasteiger partial charge in [0.2, 0.25) is 0 Å². The Morgan fingerprint density at radius 3 is 1.62 bits per heavy atom. The Kier molecular flexibility index (Phi) is 7.37. The number of nitrogen functional groups attached to an aromatic ring is 1. The Morgan fingerprint density at radius 2 is 1.19 bits per heavy atom. The van der Waals surface area contributed by atoms with Gasteiger partial charge in [-0.05, 0) is 24.3 Å². The average Bonchev–Trinajstić information content (AvgIpc) is 2.24. The molecule has 0 bridgehead atoms. The van der Waals surface area contributed by atoms with Gasteiger partial charge in [0.25, 0.3) is 0 Å². The van der Waals surface area contributed by atoms with E-state index in [1.165, 1.54) is 12.1 Å². The standard InChI is InChI=1S/C10H9NO6S2.2Na/c11-6-1-2-7-8(5-6)10(19(15,16)17)4-3-9(7)18(12,13)14;;/h1-5H,11H2,(H,12,13,14)(H,15,16,17);;/q;2*+1/p-2. The van der Waals surface area contributed by atoms with Gasteiger partial charge in [0.1, 0.15) is 20.2 Å². The van der Waals surface area contributed by atoms with Crippen molar-refractivity contribution < 1.29 is 85.1 Å². The summed E-state index contributed by atoms with van der Waals surface area (Å²) in [6.45, 7) is 0. The number of rotatable bonds is 2. The second-order valence-corrected chi connectivity index (χ2v) is 6.47. The Labute approximate surface area is 166 Å². The largest absolute Gasteiger partial charge is 1.00 e. The summed E-state index contributed by atoms with van der Waals surface area (Å²) in [6.07, 6.45) is 0. The zero-order valence-corrected chi connectivity index (χ0v) is 16.9. The van der Waals surface area contributed by atoms with E-state index in [9.17, 15) is 25.9 Å². The molecule has 2 aromatic carbocycles. The predicted octanol–water partition coefficient (Wildman–Crippen LogP) is -5.76. The predicted molar refractivity (Wildman–Crippen MR) is 64.3 cm³/mol. The SMILES string of the molecule is Nc1ccc2c(S(=O)(=O)[O-])ccc(S(=O)(=O)[O-])c2c1.[Na+].[Na+]. The molecule has 2 aromatic rings. The summed E-state index contributed by atoms with van der Waals surface area (Å²) in [4.78, 5) is -1.22. The second-order valence-electron chi connectivity index (χ2n) is 3.78. The van der Waals surface area contributed by atoms with E-state index in [1.54, 1.807) is 0 Å². The van der Waals surface area contributed by atoms with Gasteiger partial charge in [-0.1, -0.05) is 6.07 Å². The molecular weight excluding hydrogens is 340 g/mol. The molecule has 0 amide bonds. The molecule has 0 unspecified atom stereocenters. The monoisotopic (exact) mass is 347 g/mol. The van der Waals surface area contributed by atoms with Gasteiger partial charge in [-0.3, -0.25) is 0 Å². The minimum Gasteiger partial charge on any atom is -0.744 e. The molecule has 0 aliphatic heterocycles. The smallest absolute Gasteiger partial charge is 0.744 e. The quantitative estimate of drug-likeness (QED) is 0.324. The Balaban J connectivity index is 0.00000200. The van der Waals surface area contributed by atoms with Crippen LogP contribution in [0.15, 0.2) is 40.1 Å². The van der Waals surface area contributed by atoms with Crippen LogP contribution < -0.4 is 64.8 Å². The van der Waals surface area contributed by atoms with Gasteiger partial charge < -0.3 is 14.8 Å². The molecule has 102 valence electrons. The Morgan fingerprint density at radius 1 is 0.762 bits per heavy atom. The zero-order valence-electron chi connectivity index (χ0n) is 11.2. The maximum absolute atomic E-state index is 11.1. The van der Waals surface area contributed by atoms with Gasteiger partial charge in [0.05, 0.1) is 9.79 Å². The van der Waals surface area contributed by atoms with Crippen molar-refractivity contribution in [2.45, 2.75) is 9.79 Å². The summed E-state index contributed by atoms with van der Waals surface area (Å²) in [7, 11) is -9.60. The summed E-state index contributed by atoms with van der Waals surface area (Å²) in [5, 5.41) is -0.340. The third kappa shape index (κ3) is 4.64. The molecule has 0 spiro atoms. The number of hydrogen-bond acceptors (Lipinski definition) is 7. The fourth-order valence-electron chi connectivity index (χ4n) is 1.75. The molecule has 11 heteroatoms. The molecule has 2 rings (SSSR count). The van der Waals surface area contributed by atoms with E-state index in [4.69, 9.17) is 5.73 Å². The number of benzene rings is 2. The van der Waals surface area contributed by atoms with Gasteiger partial charge in [-0.25, -0.2) is 16.8 Å². The fourth-order valence-corrected chi connectivity index (χ4v) is 3.10. The van der Waals surface area contributed by atoms with Crippen molar-refractivity contribution in [2.75, 3.05) is 5.73 Å². The molecule has 0 aliphatic carbocycles. The average molecular weight is 347 g/mol. The maximum Gasteiger partial charge on any atom is 1.00 e. The van der Waals surface area contributed by atoms with Crippen LogP contribution in [0, 0.1) is 0 Å². The van der Waals surface area contributed by atoms with Gasteiger partial charge in [0.15, 0.2) is 0 Å². The number of nitrogens with two attached hydrogens (primary N) is 1. The van der Waals surface area contributed by atoms with E-state index in [2.05, 4.69) is 0 Å². The van der Waals surface area contributed by atoms with Crippen LogP contribution in [-0.4, -0.2) is 25.9 Å². The summed E-state index contributed by atoms with van der Waals surface area (Å²) in [5.74, 6) is 0. The molecule has 2 N–H and O–H groups in total. The first kappa shape index (κ1) is 21.3. The minimum atomic E-state index is -4.81. The molecular formula is C10H7NNa2O6S2. The van der Waals surface area contributed by atoms with Crippen LogP contribution in [0.1, 0.15) is 0 Å². The number of anilines is 1. The number of fused-ring (bicyclic) bond motifs is 1. The maximum atomic E-state index is 11.1. The van der Waals surface area contributed by atoms with E-state index < -0.39 is 30.0 Å². The summed E-state index contributed by atoms with van der Waals surface area (Å²) >= 11 is 0. The first-order valence-electron chi connectivity index (χ1n) is 4.85. The zero-order chi connectivity index (χ0) is 14.4. The first-order valence-corrected chi connectivity index (χ1v) is 7.66. The van der Waals surface area contributed by atoms with Crippen LogP contribution in [0.5, 0.6) is 0 Å². The summed E-state index contributed by atoms with van der Waals surface area (Å²) in [6, 6.07) is 5.21. The van der Waals surface area contributed by atoms with E-state index >= 15 is 0 Å². The summed E-state index contributed by atoms with van der Waals surface area (Å²) < 4.78 is 66.5. The van der Waals surface area contributed by atoms with Crippen LogP contribution in [0.4, 0.5) is 5.69 Å². The van der Waals surface area contributed by atoms with Gasteiger partial charge in [-0.2, -0.15) is 0 Å². The molecule has 0 fully saturated rings. The van der Waals surface area contributed by atoms with Crippen molar-refractivity contribution in [1.29, 1.82) is 0 Å². The molecule has 0 saturated heterocycles. The molecule has 0 heterocycles. The van der Waals surface area contributed by atoms with E-state index in [0.29, 0.717) is 0 Å².